The van der Waals surface area contributed by atoms with E-state index in [9.17, 15) is 13.6 Å². The molecule has 1 aromatic heterocycles. The number of allylic oxidation sites excluding steroid dienone is 2. The van der Waals surface area contributed by atoms with E-state index < -0.39 is 24.0 Å². The van der Waals surface area contributed by atoms with E-state index in [1.54, 1.807) is 30.5 Å². The monoisotopic (exact) mass is 514 g/mol. The Bertz CT molecular complexity index is 1310. The number of aromatic nitrogens is 2. The van der Waals surface area contributed by atoms with Crippen LogP contribution < -0.4 is 10.1 Å². The molecule has 36 heavy (non-hydrogen) atoms. The van der Waals surface area contributed by atoms with E-state index in [0.717, 1.165) is 23.1 Å². The molecule has 1 N–H and O–H groups in total. The standard InChI is InChI=1S/C27H29ClF2N4O2/c1-17(2)24(32-26(35)27(3,29)30)25(18-7-5-8-20(28)13-18)36-22-10-11-23-19(14-22)15-31-34(23)21-9-6-12-33(4)16-21/h5-11,13-17,24-25H,12H2,1-4H3,(H,32,35)/t24-,25+/m0/s1. The van der Waals surface area contributed by atoms with Gasteiger partial charge in [0.25, 0.3) is 5.91 Å². The number of ether oxygens (including phenoxy) is 1. The van der Waals surface area contributed by atoms with Gasteiger partial charge >= 0.3 is 5.92 Å². The van der Waals surface area contributed by atoms with Crippen LogP contribution in [-0.2, 0) is 4.79 Å². The summed E-state index contributed by atoms with van der Waals surface area (Å²) in [4.78, 5) is 14.3. The number of nitrogens with one attached hydrogen (secondary N) is 1. The number of hydrogen-bond acceptors (Lipinski definition) is 4. The van der Waals surface area contributed by atoms with Gasteiger partial charge in [-0.05, 0) is 47.9 Å². The van der Waals surface area contributed by atoms with Crippen LogP contribution in [0, 0.1) is 5.92 Å². The lowest BCUT2D eigenvalue weighted by Crippen LogP contribution is -2.49. The summed E-state index contributed by atoms with van der Waals surface area (Å²) in [6, 6.07) is 11.8. The summed E-state index contributed by atoms with van der Waals surface area (Å²) in [5.74, 6) is -4.57. The number of nitrogens with zero attached hydrogens (tertiary/aromatic N) is 3. The molecule has 0 aliphatic carbocycles. The molecule has 9 heteroatoms. The first-order chi connectivity index (χ1) is 17.0. The van der Waals surface area contributed by atoms with Gasteiger partial charge in [0.2, 0.25) is 0 Å². The molecule has 1 amide bonds. The lowest BCUT2D eigenvalue weighted by Gasteiger charge is -2.32. The summed E-state index contributed by atoms with van der Waals surface area (Å²) in [5, 5.41) is 8.35. The van der Waals surface area contributed by atoms with Crippen LogP contribution in [0.4, 0.5) is 8.78 Å². The van der Waals surface area contributed by atoms with Gasteiger partial charge in [-0.1, -0.05) is 43.7 Å². The van der Waals surface area contributed by atoms with Crippen molar-refractivity contribution in [1.82, 2.24) is 20.0 Å². The minimum atomic E-state index is -3.52. The maximum Gasteiger partial charge on any atom is 0.321 e. The predicted octanol–water partition coefficient (Wildman–Crippen LogP) is 5.91. The van der Waals surface area contributed by atoms with Gasteiger partial charge in [0.05, 0.1) is 23.5 Å². The van der Waals surface area contributed by atoms with Gasteiger partial charge in [0, 0.05) is 37.1 Å². The highest BCUT2D eigenvalue weighted by Gasteiger charge is 2.38. The zero-order valence-corrected chi connectivity index (χ0v) is 21.3. The van der Waals surface area contributed by atoms with E-state index in [0.29, 0.717) is 23.3 Å². The number of hydrogen-bond donors (Lipinski definition) is 1. The summed E-state index contributed by atoms with van der Waals surface area (Å²) in [6.45, 7) is 5.10. The van der Waals surface area contributed by atoms with Gasteiger partial charge in [-0.3, -0.25) is 4.79 Å². The minimum Gasteiger partial charge on any atom is -0.484 e. The van der Waals surface area contributed by atoms with Crippen molar-refractivity contribution in [3.8, 4) is 5.75 Å². The highest BCUT2D eigenvalue weighted by atomic mass is 35.5. The Kier molecular flexibility index (Phi) is 7.36. The topological polar surface area (TPSA) is 59.4 Å². The first-order valence-corrected chi connectivity index (χ1v) is 12.1. The number of benzene rings is 2. The summed E-state index contributed by atoms with van der Waals surface area (Å²) in [5.41, 5.74) is 2.50. The van der Waals surface area contributed by atoms with Gasteiger partial charge in [-0.15, -0.1) is 0 Å². The number of halogens is 3. The fraction of sp³-hybridized carbons (Fsp3) is 0.333. The SMILES string of the molecule is CC(C)[C@H](NC(=O)C(C)(F)F)[C@H](Oc1ccc2c(cnn2C2=CN(C)CC=C2)c1)c1cccc(Cl)c1. The number of carbonyl (C=O) groups is 1. The van der Waals surface area contributed by atoms with Crippen LogP contribution in [0.1, 0.15) is 32.4 Å². The second kappa shape index (κ2) is 10.3. The highest BCUT2D eigenvalue weighted by molar-refractivity contribution is 6.30. The Hall–Kier alpha value is -3.39. The second-order valence-electron chi connectivity index (χ2n) is 9.40. The third kappa shape index (κ3) is 5.70. The van der Waals surface area contributed by atoms with Crippen molar-refractivity contribution >= 4 is 34.1 Å². The maximum atomic E-state index is 13.8. The van der Waals surface area contributed by atoms with Crippen molar-refractivity contribution in [1.29, 1.82) is 0 Å². The van der Waals surface area contributed by atoms with Gasteiger partial charge in [0.15, 0.2) is 0 Å². The van der Waals surface area contributed by atoms with Crippen LogP contribution in [0.5, 0.6) is 5.75 Å². The van der Waals surface area contributed by atoms with Crippen LogP contribution in [0.15, 0.2) is 67.0 Å². The average Bonchev–Trinajstić information content (AvgIpc) is 3.23. The Labute approximate surface area is 214 Å². The maximum absolute atomic E-state index is 13.8. The summed E-state index contributed by atoms with van der Waals surface area (Å²) in [6.07, 6.45) is 7.09. The largest absolute Gasteiger partial charge is 0.484 e. The molecule has 2 aromatic carbocycles. The molecule has 2 atom stereocenters. The van der Waals surface area contributed by atoms with Crippen LogP contribution in [-0.4, -0.2) is 46.1 Å². The van der Waals surface area contributed by atoms with E-state index in [-0.39, 0.29) is 5.92 Å². The Morgan fingerprint density at radius 1 is 1.22 bits per heavy atom. The molecule has 0 spiro atoms. The van der Waals surface area contributed by atoms with E-state index in [1.165, 1.54) is 0 Å². The lowest BCUT2D eigenvalue weighted by molar-refractivity contribution is -0.145. The Morgan fingerprint density at radius 3 is 2.67 bits per heavy atom. The summed E-state index contributed by atoms with van der Waals surface area (Å²) in [7, 11) is 2.00. The van der Waals surface area contributed by atoms with Crippen LogP contribution >= 0.6 is 11.6 Å². The first kappa shape index (κ1) is 25.7. The summed E-state index contributed by atoms with van der Waals surface area (Å²) < 4.78 is 35.7. The molecular weight excluding hydrogens is 486 g/mol. The normalized spacial score (nSPS) is 15.7. The van der Waals surface area contributed by atoms with Crippen molar-refractivity contribution < 1.29 is 18.3 Å². The van der Waals surface area contributed by atoms with Gasteiger partial charge < -0.3 is 15.0 Å². The van der Waals surface area contributed by atoms with Crippen molar-refractivity contribution in [2.24, 2.45) is 5.92 Å². The van der Waals surface area contributed by atoms with Crippen LogP contribution in [0.25, 0.3) is 16.6 Å². The number of carbonyl (C=O) groups excluding carboxylic acids is 1. The molecule has 0 fully saturated rings. The number of rotatable bonds is 8. The smallest absolute Gasteiger partial charge is 0.321 e. The van der Waals surface area contributed by atoms with Gasteiger partial charge in [0.1, 0.15) is 11.9 Å². The van der Waals surface area contributed by atoms with E-state index >= 15 is 0 Å². The highest BCUT2D eigenvalue weighted by Crippen LogP contribution is 2.32. The number of fused-ring (bicyclic) bond motifs is 1. The molecular formula is C27H29ClF2N4O2. The fourth-order valence-corrected chi connectivity index (χ4v) is 4.32. The zero-order chi connectivity index (χ0) is 26.0. The van der Waals surface area contributed by atoms with Crippen LogP contribution in [0.2, 0.25) is 5.02 Å². The van der Waals surface area contributed by atoms with E-state index in [2.05, 4.69) is 21.4 Å². The molecule has 3 aromatic rings. The fourth-order valence-electron chi connectivity index (χ4n) is 4.13. The molecule has 190 valence electrons. The van der Waals surface area contributed by atoms with Crippen molar-refractivity contribution in [3.05, 3.63) is 77.6 Å². The second-order valence-corrected chi connectivity index (χ2v) is 9.83. The molecule has 4 rings (SSSR count). The molecule has 0 unspecified atom stereocenters. The predicted molar refractivity (Wildman–Crippen MR) is 138 cm³/mol. The summed E-state index contributed by atoms with van der Waals surface area (Å²) >= 11 is 6.23. The van der Waals surface area contributed by atoms with Gasteiger partial charge in [-0.2, -0.15) is 13.9 Å². The molecule has 0 radical (unpaired) electrons. The number of alkyl halides is 2. The van der Waals surface area contributed by atoms with Gasteiger partial charge in [-0.25, -0.2) is 4.68 Å². The molecule has 6 nitrogen and oxygen atoms in total. The number of likely N-dealkylation sites (N-methyl/N-ethyl adjacent to an activating group) is 1. The Balaban J connectivity index is 1.69. The molecule has 0 bridgehead atoms. The van der Waals surface area contributed by atoms with E-state index in [4.69, 9.17) is 16.3 Å². The lowest BCUT2D eigenvalue weighted by atomic mass is 9.92. The number of amides is 1. The van der Waals surface area contributed by atoms with Crippen molar-refractivity contribution in [2.75, 3.05) is 13.6 Å². The minimum absolute atomic E-state index is 0.214. The van der Waals surface area contributed by atoms with Crippen LogP contribution in [0.3, 0.4) is 0 Å². The Morgan fingerprint density at radius 2 is 2.00 bits per heavy atom. The van der Waals surface area contributed by atoms with E-state index in [1.807, 2.05) is 56.1 Å². The quantitative estimate of drug-likeness (QED) is 0.406. The first-order valence-electron chi connectivity index (χ1n) is 11.7. The zero-order valence-electron chi connectivity index (χ0n) is 20.6. The third-order valence-corrected chi connectivity index (χ3v) is 6.23. The van der Waals surface area contributed by atoms with Crippen molar-refractivity contribution in [2.45, 2.75) is 38.8 Å². The molecule has 0 saturated heterocycles. The average molecular weight is 515 g/mol. The molecule has 1 aliphatic rings. The van der Waals surface area contributed by atoms with Crippen molar-refractivity contribution in [3.63, 3.8) is 0 Å². The third-order valence-electron chi connectivity index (χ3n) is 6.00. The molecule has 2 heterocycles. The molecule has 0 saturated carbocycles. The molecule has 1 aliphatic heterocycles.